The summed E-state index contributed by atoms with van der Waals surface area (Å²) < 4.78 is 7.09. The average Bonchev–Trinajstić information content (AvgIpc) is 3.08. The molecular weight excluding hydrogens is 346 g/mol. The number of hydrogen-bond donors (Lipinski definition) is 1. The Hall–Kier alpha value is -3.07. The zero-order valence-electron chi connectivity index (χ0n) is 15.3. The lowest BCUT2D eigenvalue weighted by atomic mass is 10.3. The van der Waals surface area contributed by atoms with Gasteiger partial charge in [0, 0.05) is 30.9 Å². The van der Waals surface area contributed by atoms with Crippen LogP contribution < -0.4 is 10.2 Å². The van der Waals surface area contributed by atoms with Crippen molar-refractivity contribution >= 4 is 17.4 Å². The molecule has 1 saturated heterocycles. The fourth-order valence-electron chi connectivity index (χ4n) is 3.07. The fourth-order valence-corrected chi connectivity index (χ4v) is 3.07. The van der Waals surface area contributed by atoms with Crippen LogP contribution in [0.4, 0.5) is 5.82 Å². The van der Waals surface area contributed by atoms with Crippen LogP contribution in [0.5, 0.6) is 0 Å². The molecule has 0 atom stereocenters. The maximum absolute atomic E-state index is 12.5. The smallest absolute Gasteiger partial charge is 0.270 e. The summed E-state index contributed by atoms with van der Waals surface area (Å²) in [6, 6.07) is 5.48. The Morgan fingerprint density at radius 3 is 2.81 bits per heavy atom. The van der Waals surface area contributed by atoms with E-state index in [1.165, 1.54) is 6.33 Å². The van der Waals surface area contributed by atoms with Gasteiger partial charge < -0.3 is 15.0 Å². The molecule has 4 heterocycles. The van der Waals surface area contributed by atoms with Crippen LogP contribution in [0.2, 0.25) is 0 Å². The molecule has 0 unspecified atom stereocenters. The van der Waals surface area contributed by atoms with Crippen molar-refractivity contribution in [3.05, 3.63) is 47.3 Å². The number of rotatable bonds is 4. The van der Waals surface area contributed by atoms with Crippen molar-refractivity contribution in [1.82, 2.24) is 29.9 Å². The molecule has 1 aliphatic rings. The molecule has 4 rings (SSSR count). The van der Waals surface area contributed by atoms with Crippen molar-refractivity contribution in [3.8, 4) is 0 Å². The third kappa shape index (κ3) is 3.72. The van der Waals surface area contributed by atoms with E-state index in [1.54, 1.807) is 10.6 Å². The molecule has 1 fully saturated rings. The van der Waals surface area contributed by atoms with Crippen LogP contribution in [0.3, 0.4) is 0 Å². The molecule has 27 heavy (non-hydrogen) atoms. The maximum Gasteiger partial charge on any atom is 0.270 e. The van der Waals surface area contributed by atoms with E-state index in [4.69, 9.17) is 4.74 Å². The number of anilines is 1. The summed E-state index contributed by atoms with van der Waals surface area (Å²) in [5.41, 5.74) is 3.49. The van der Waals surface area contributed by atoms with Crippen LogP contribution in [0, 0.1) is 13.8 Å². The average molecular weight is 367 g/mol. The molecule has 3 aromatic rings. The van der Waals surface area contributed by atoms with E-state index in [2.05, 4.69) is 30.3 Å². The first kappa shape index (κ1) is 17.3. The van der Waals surface area contributed by atoms with Gasteiger partial charge in [0.1, 0.15) is 17.8 Å². The summed E-state index contributed by atoms with van der Waals surface area (Å²) in [6.07, 6.45) is 1.52. The van der Waals surface area contributed by atoms with Crippen LogP contribution in [-0.2, 0) is 11.3 Å². The second kappa shape index (κ2) is 7.28. The van der Waals surface area contributed by atoms with E-state index in [9.17, 15) is 4.79 Å². The minimum absolute atomic E-state index is 0.244. The van der Waals surface area contributed by atoms with Gasteiger partial charge in [0.05, 0.1) is 31.1 Å². The summed E-state index contributed by atoms with van der Waals surface area (Å²) >= 11 is 0. The van der Waals surface area contributed by atoms with Gasteiger partial charge in [0.25, 0.3) is 5.91 Å². The van der Waals surface area contributed by atoms with E-state index < -0.39 is 0 Å². The number of hydrogen-bond acceptors (Lipinski definition) is 7. The number of carbonyl (C=O) groups excluding carboxylic acids is 1. The Morgan fingerprint density at radius 2 is 2.00 bits per heavy atom. The van der Waals surface area contributed by atoms with Crippen LogP contribution in [0.15, 0.2) is 24.5 Å². The number of carbonyl (C=O) groups is 1. The van der Waals surface area contributed by atoms with Crippen molar-refractivity contribution in [2.75, 3.05) is 31.2 Å². The highest BCUT2D eigenvalue weighted by molar-refractivity contribution is 5.92. The second-order valence-corrected chi connectivity index (χ2v) is 6.49. The summed E-state index contributed by atoms with van der Waals surface area (Å²) in [5, 5.41) is 7.23. The van der Waals surface area contributed by atoms with Gasteiger partial charge in [-0.05, 0) is 19.9 Å². The lowest BCUT2D eigenvalue weighted by Gasteiger charge is -2.27. The Labute approximate surface area is 156 Å². The molecule has 0 bridgehead atoms. The number of ether oxygens (including phenoxy) is 1. The molecule has 140 valence electrons. The van der Waals surface area contributed by atoms with Crippen LogP contribution >= 0.6 is 0 Å². The van der Waals surface area contributed by atoms with E-state index in [-0.39, 0.29) is 5.91 Å². The van der Waals surface area contributed by atoms with Crippen molar-refractivity contribution in [1.29, 1.82) is 0 Å². The first-order chi connectivity index (χ1) is 13.1. The zero-order valence-corrected chi connectivity index (χ0v) is 15.3. The monoisotopic (exact) mass is 367 g/mol. The third-order valence-corrected chi connectivity index (χ3v) is 4.43. The normalized spacial score (nSPS) is 14.5. The molecule has 3 aromatic heterocycles. The largest absolute Gasteiger partial charge is 0.378 e. The van der Waals surface area contributed by atoms with Gasteiger partial charge >= 0.3 is 0 Å². The van der Waals surface area contributed by atoms with E-state index >= 15 is 0 Å². The lowest BCUT2D eigenvalue weighted by molar-refractivity contribution is 0.0945. The standard InChI is InChI=1S/C18H21N7O2/c1-12-7-17-22-15(8-13(2)25(17)23-12)18(26)19-10-14-9-16(21-11-20-14)24-3-5-27-6-4-24/h7-9,11H,3-6,10H2,1-2H3,(H,19,26). The number of aryl methyl sites for hydroxylation is 2. The number of amides is 1. The number of nitrogens with zero attached hydrogens (tertiary/aromatic N) is 6. The van der Waals surface area contributed by atoms with Gasteiger partial charge in [-0.25, -0.2) is 19.5 Å². The Kier molecular flexibility index (Phi) is 4.68. The van der Waals surface area contributed by atoms with Crippen molar-refractivity contribution < 1.29 is 9.53 Å². The van der Waals surface area contributed by atoms with E-state index in [0.29, 0.717) is 31.1 Å². The van der Waals surface area contributed by atoms with Crippen molar-refractivity contribution in [2.24, 2.45) is 0 Å². The second-order valence-electron chi connectivity index (χ2n) is 6.49. The van der Waals surface area contributed by atoms with Gasteiger partial charge in [-0.2, -0.15) is 5.10 Å². The van der Waals surface area contributed by atoms with Gasteiger partial charge in [-0.15, -0.1) is 0 Å². The van der Waals surface area contributed by atoms with Gasteiger partial charge in [-0.3, -0.25) is 4.79 Å². The number of nitrogens with one attached hydrogen (secondary N) is 1. The predicted molar refractivity (Wildman–Crippen MR) is 98.7 cm³/mol. The van der Waals surface area contributed by atoms with Crippen molar-refractivity contribution in [3.63, 3.8) is 0 Å². The quantitative estimate of drug-likeness (QED) is 0.732. The molecule has 1 aliphatic heterocycles. The molecule has 1 N–H and O–H groups in total. The minimum Gasteiger partial charge on any atom is -0.378 e. The summed E-state index contributed by atoms with van der Waals surface area (Å²) in [4.78, 5) is 27.7. The molecule has 1 amide bonds. The van der Waals surface area contributed by atoms with Crippen molar-refractivity contribution in [2.45, 2.75) is 20.4 Å². The van der Waals surface area contributed by atoms with Crippen LogP contribution in [0.1, 0.15) is 27.6 Å². The highest BCUT2D eigenvalue weighted by Gasteiger charge is 2.15. The lowest BCUT2D eigenvalue weighted by Crippen LogP contribution is -2.37. The highest BCUT2D eigenvalue weighted by atomic mass is 16.5. The highest BCUT2D eigenvalue weighted by Crippen LogP contribution is 2.13. The Bertz CT molecular complexity index is 979. The molecule has 0 aromatic carbocycles. The minimum atomic E-state index is -0.244. The van der Waals surface area contributed by atoms with Crippen LogP contribution in [0.25, 0.3) is 5.65 Å². The number of aromatic nitrogens is 5. The van der Waals surface area contributed by atoms with Crippen LogP contribution in [-0.4, -0.2) is 56.8 Å². The number of fused-ring (bicyclic) bond motifs is 1. The third-order valence-electron chi connectivity index (χ3n) is 4.43. The molecule has 0 radical (unpaired) electrons. The Morgan fingerprint density at radius 1 is 1.19 bits per heavy atom. The molecule has 0 spiro atoms. The first-order valence-corrected chi connectivity index (χ1v) is 8.86. The maximum atomic E-state index is 12.5. The molecule has 9 heteroatoms. The molecule has 0 saturated carbocycles. The Balaban J connectivity index is 1.46. The zero-order chi connectivity index (χ0) is 18.8. The fraction of sp³-hybridized carbons (Fsp3) is 0.389. The molecular formula is C18H21N7O2. The summed E-state index contributed by atoms with van der Waals surface area (Å²) in [7, 11) is 0. The molecule has 9 nitrogen and oxygen atoms in total. The van der Waals surface area contributed by atoms with E-state index in [1.807, 2.05) is 26.0 Å². The predicted octanol–water partition coefficient (Wildman–Crippen LogP) is 0.903. The van der Waals surface area contributed by atoms with Gasteiger partial charge in [-0.1, -0.05) is 0 Å². The molecule has 0 aliphatic carbocycles. The summed E-state index contributed by atoms with van der Waals surface area (Å²) in [5.74, 6) is 0.605. The number of morpholine rings is 1. The van der Waals surface area contributed by atoms with E-state index in [0.717, 1.165) is 36.0 Å². The topological polar surface area (TPSA) is 97.5 Å². The first-order valence-electron chi connectivity index (χ1n) is 8.86. The van der Waals surface area contributed by atoms with Gasteiger partial charge in [0.15, 0.2) is 5.65 Å². The SMILES string of the molecule is Cc1cc2nc(C(=O)NCc3cc(N4CCOCC4)ncn3)cc(C)n2n1. The summed E-state index contributed by atoms with van der Waals surface area (Å²) in [6.45, 7) is 7.09. The van der Waals surface area contributed by atoms with Gasteiger partial charge in [0.2, 0.25) is 0 Å².